The molecule has 0 radical (unpaired) electrons. The lowest BCUT2D eigenvalue weighted by Crippen LogP contribution is -2.29. The number of hydrogen-bond donors (Lipinski definition) is 2. The van der Waals surface area contributed by atoms with Crippen LogP contribution < -0.4 is 11.5 Å². The highest BCUT2D eigenvalue weighted by Gasteiger charge is 2.20. The highest BCUT2D eigenvalue weighted by Crippen LogP contribution is 2.33. The number of unbranched alkanes of at least 4 members (excludes halogenated alkanes) is 21. The van der Waals surface area contributed by atoms with Gasteiger partial charge in [-0.2, -0.15) is 0 Å². The molecule has 0 aliphatic heterocycles. The molecule has 2 nitrogen and oxygen atoms in total. The monoisotopic (exact) mass is 537 g/mol. The average molecular weight is 537 g/mol. The molecule has 0 aromatic carbocycles. The summed E-state index contributed by atoms with van der Waals surface area (Å²) in [6, 6.07) is 0. The van der Waals surface area contributed by atoms with Gasteiger partial charge in [-0.3, -0.25) is 0 Å². The van der Waals surface area contributed by atoms with Gasteiger partial charge < -0.3 is 11.5 Å². The van der Waals surface area contributed by atoms with Gasteiger partial charge in [-0.15, -0.1) is 0 Å². The van der Waals surface area contributed by atoms with E-state index in [4.69, 9.17) is 11.5 Å². The molecule has 0 fully saturated rings. The summed E-state index contributed by atoms with van der Waals surface area (Å²) in [5.74, 6) is 1.99. The van der Waals surface area contributed by atoms with Crippen molar-refractivity contribution in [2.75, 3.05) is 0 Å². The van der Waals surface area contributed by atoms with Crippen LogP contribution in [-0.4, -0.2) is 6.17 Å². The van der Waals surface area contributed by atoms with Crippen molar-refractivity contribution in [3.8, 4) is 0 Å². The Balaban J connectivity index is 4.69. The molecule has 2 heteroatoms. The van der Waals surface area contributed by atoms with Gasteiger partial charge >= 0.3 is 0 Å². The van der Waals surface area contributed by atoms with Crippen LogP contribution in [0.25, 0.3) is 0 Å². The third-order valence-corrected chi connectivity index (χ3v) is 9.06. The van der Waals surface area contributed by atoms with E-state index in [1.54, 1.807) is 0 Å². The minimum Gasteiger partial charge on any atom is -0.316 e. The molecule has 0 bridgehead atoms. The standard InChI is InChI=1S/C36H76N2/c1-4-7-10-13-16-21-26-31-34(29-24-19-14-11-8-5-2)35(30-25-20-15-12-9-6-3)32-27-22-17-18-23-28-33-36(37)38/h34-36H,4-33,37-38H2,1-3H3. The number of rotatable bonds is 32. The van der Waals surface area contributed by atoms with Crippen molar-refractivity contribution in [1.82, 2.24) is 0 Å². The van der Waals surface area contributed by atoms with E-state index in [2.05, 4.69) is 20.8 Å². The summed E-state index contributed by atoms with van der Waals surface area (Å²) in [6.45, 7) is 7.00. The molecule has 0 spiro atoms. The van der Waals surface area contributed by atoms with Crippen LogP contribution in [0.4, 0.5) is 0 Å². The Bertz CT molecular complexity index is 422. The molecule has 0 aliphatic rings. The summed E-state index contributed by atoms with van der Waals surface area (Å²) in [4.78, 5) is 0. The zero-order valence-electron chi connectivity index (χ0n) is 27.1. The Hall–Kier alpha value is -0.0800. The van der Waals surface area contributed by atoms with Gasteiger partial charge in [0.05, 0.1) is 6.17 Å². The third kappa shape index (κ3) is 27.5. The molecule has 0 rings (SSSR count). The Labute approximate surface area is 242 Å². The van der Waals surface area contributed by atoms with Crippen LogP contribution in [0.1, 0.15) is 213 Å². The number of nitrogens with two attached hydrogens (primary N) is 2. The topological polar surface area (TPSA) is 52.0 Å². The molecule has 2 unspecified atom stereocenters. The molecule has 2 atom stereocenters. The molecule has 0 amide bonds. The molecule has 230 valence electrons. The van der Waals surface area contributed by atoms with Crippen LogP contribution in [0, 0.1) is 11.8 Å². The highest BCUT2D eigenvalue weighted by atomic mass is 14.8. The Morgan fingerprint density at radius 1 is 0.289 bits per heavy atom. The van der Waals surface area contributed by atoms with Crippen LogP contribution >= 0.6 is 0 Å². The van der Waals surface area contributed by atoms with Crippen molar-refractivity contribution in [3.05, 3.63) is 0 Å². The van der Waals surface area contributed by atoms with Gasteiger partial charge in [0, 0.05) is 0 Å². The van der Waals surface area contributed by atoms with Crippen LogP contribution in [0.5, 0.6) is 0 Å². The second kappa shape index (κ2) is 31.4. The Morgan fingerprint density at radius 3 is 0.737 bits per heavy atom. The zero-order valence-corrected chi connectivity index (χ0v) is 27.1. The van der Waals surface area contributed by atoms with Crippen LogP contribution in [0.15, 0.2) is 0 Å². The van der Waals surface area contributed by atoms with Crippen LogP contribution in [0.3, 0.4) is 0 Å². The summed E-state index contributed by atoms with van der Waals surface area (Å²) < 4.78 is 0. The Kier molecular flexibility index (Phi) is 31.4. The molecule has 0 aromatic rings. The van der Waals surface area contributed by atoms with E-state index in [-0.39, 0.29) is 6.17 Å². The van der Waals surface area contributed by atoms with Crippen molar-refractivity contribution in [2.24, 2.45) is 23.3 Å². The first-order valence-electron chi connectivity index (χ1n) is 18.2. The number of hydrogen-bond acceptors (Lipinski definition) is 2. The molecule has 0 aliphatic carbocycles. The SMILES string of the molecule is CCCCCCCCCC(CCCCCCCC)C(CCCCCCCC)CCCCCCCCC(N)N. The fourth-order valence-electron chi connectivity index (χ4n) is 6.46. The molecule has 4 N–H and O–H groups in total. The first kappa shape index (κ1) is 37.9. The predicted octanol–water partition coefficient (Wildman–Crippen LogP) is 12.2. The van der Waals surface area contributed by atoms with Crippen molar-refractivity contribution in [2.45, 2.75) is 220 Å². The second-order valence-corrected chi connectivity index (χ2v) is 12.9. The molecular weight excluding hydrogens is 460 g/mol. The van der Waals surface area contributed by atoms with Gasteiger partial charge in [0.1, 0.15) is 0 Å². The van der Waals surface area contributed by atoms with Gasteiger partial charge in [-0.1, -0.05) is 207 Å². The fraction of sp³-hybridized carbons (Fsp3) is 1.00. The molecule has 0 heterocycles. The summed E-state index contributed by atoms with van der Waals surface area (Å²) in [6.07, 6.45) is 42.6. The first-order valence-corrected chi connectivity index (χ1v) is 18.2. The molecule has 38 heavy (non-hydrogen) atoms. The zero-order chi connectivity index (χ0) is 27.9. The van der Waals surface area contributed by atoms with Gasteiger partial charge in [-0.05, 0) is 18.3 Å². The van der Waals surface area contributed by atoms with E-state index in [1.807, 2.05) is 0 Å². The summed E-state index contributed by atoms with van der Waals surface area (Å²) >= 11 is 0. The van der Waals surface area contributed by atoms with Crippen molar-refractivity contribution >= 4 is 0 Å². The van der Waals surface area contributed by atoms with E-state index in [9.17, 15) is 0 Å². The van der Waals surface area contributed by atoms with Gasteiger partial charge in [0.2, 0.25) is 0 Å². The van der Waals surface area contributed by atoms with Crippen LogP contribution in [0.2, 0.25) is 0 Å². The molecular formula is C36H76N2. The van der Waals surface area contributed by atoms with Crippen molar-refractivity contribution < 1.29 is 0 Å². The highest BCUT2D eigenvalue weighted by molar-refractivity contribution is 4.72. The molecule has 0 aromatic heterocycles. The fourth-order valence-corrected chi connectivity index (χ4v) is 6.46. The minimum absolute atomic E-state index is 0.113. The largest absolute Gasteiger partial charge is 0.316 e. The van der Waals surface area contributed by atoms with Gasteiger partial charge in [0.15, 0.2) is 0 Å². The van der Waals surface area contributed by atoms with E-state index >= 15 is 0 Å². The second-order valence-electron chi connectivity index (χ2n) is 12.9. The van der Waals surface area contributed by atoms with E-state index in [1.165, 1.54) is 186 Å². The summed E-state index contributed by atoms with van der Waals surface area (Å²) in [5, 5.41) is 0. The Morgan fingerprint density at radius 2 is 0.500 bits per heavy atom. The lowest BCUT2D eigenvalue weighted by molar-refractivity contribution is 0.236. The minimum atomic E-state index is -0.113. The normalized spacial score (nSPS) is 13.4. The smallest absolute Gasteiger partial charge is 0.0520 e. The maximum Gasteiger partial charge on any atom is 0.0520 e. The predicted molar refractivity (Wildman–Crippen MR) is 175 cm³/mol. The average Bonchev–Trinajstić information content (AvgIpc) is 2.91. The summed E-state index contributed by atoms with van der Waals surface area (Å²) in [5.41, 5.74) is 11.4. The lowest BCUT2D eigenvalue weighted by Gasteiger charge is -2.28. The van der Waals surface area contributed by atoms with Crippen molar-refractivity contribution in [1.29, 1.82) is 0 Å². The molecule has 0 saturated carbocycles. The lowest BCUT2D eigenvalue weighted by atomic mass is 9.78. The van der Waals surface area contributed by atoms with E-state index in [0.717, 1.165) is 18.3 Å². The first-order chi connectivity index (χ1) is 18.7. The summed E-state index contributed by atoms with van der Waals surface area (Å²) in [7, 11) is 0. The van der Waals surface area contributed by atoms with Gasteiger partial charge in [-0.25, -0.2) is 0 Å². The maximum absolute atomic E-state index is 5.70. The maximum atomic E-state index is 5.70. The third-order valence-electron chi connectivity index (χ3n) is 9.06. The van der Waals surface area contributed by atoms with E-state index < -0.39 is 0 Å². The van der Waals surface area contributed by atoms with Crippen LogP contribution in [-0.2, 0) is 0 Å². The van der Waals surface area contributed by atoms with E-state index in [0.29, 0.717) is 0 Å². The molecule has 0 saturated heterocycles. The van der Waals surface area contributed by atoms with Crippen molar-refractivity contribution in [3.63, 3.8) is 0 Å². The quantitative estimate of drug-likeness (QED) is 0.0663. The van der Waals surface area contributed by atoms with Gasteiger partial charge in [0.25, 0.3) is 0 Å².